The number of hydrogen-bond donors (Lipinski definition) is 4. The van der Waals surface area contributed by atoms with Crippen molar-refractivity contribution in [2.75, 3.05) is 11.1 Å². The number of benzene rings is 2. The van der Waals surface area contributed by atoms with Crippen LogP contribution in [0.3, 0.4) is 0 Å². The molecule has 0 saturated heterocycles. The van der Waals surface area contributed by atoms with Gasteiger partial charge in [-0.1, -0.05) is 0 Å². The van der Waals surface area contributed by atoms with E-state index in [-0.39, 0.29) is 16.9 Å². The van der Waals surface area contributed by atoms with Crippen LogP contribution in [0.4, 0.5) is 11.4 Å². The number of aromatic hydroxyl groups is 2. The van der Waals surface area contributed by atoms with Crippen molar-refractivity contribution in [1.29, 1.82) is 5.26 Å². The summed E-state index contributed by atoms with van der Waals surface area (Å²) in [7, 11) is 0. The number of nitrogens with zero attached hydrogens (tertiary/aromatic N) is 1. The Morgan fingerprint density at radius 3 is 2.55 bits per heavy atom. The smallest absolute Gasteiger partial charge is 0.255 e. The summed E-state index contributed by atoms with van der Waals surface area (Å²) in [6, 6.07) is 10.2. The van der Waals surface area contributed by atoms with Crippen LogP contribution in [0.25, 0.3) is 0 Å². The zero-order chi connectivity index (χ0) is 14.7. The van der Waals surface area contributed by atoms with Crippen molar-refractivity contribution in [3.05, 3.63) is 47.5 Å². The number of phenolic OH excluding ortho intramolecular Hbond substituents is 2. The van der Waals surface area contributed by atoms with Crippen LogP contribution in [0.2, 0.25) is 0 Å². The number of phenols is 2. The summed E-state index contributed by atoms with van der Waals surface area (Å²) < 4.78 is 0. The lowest BCUT2D eigenvalue weighted by Crippen LogP contribution is -2.12. The van der Waals surface area contributed by atoms with Crippen molar-refractivity contribution in [3.63, 3.8) is 0 Å². The maximum atomic E-state index is 12.0. The molecule has 2 aromatic rings. The largest absolute Gasteiger partial charge is 0.504 e. The van der Waals surface area contributed by atoms with Crippen molar-refractivity contribution in [3.8, 4) is 17.6 Å². The van der Waals surface area contributed by atoms with Crippen molar-refractivity contribution < 1.29 is 15.0 Å². The quantitative estimate of drug-likeness (QED) is 0.489. The normalized spacial score (nSPS) is 9.75. The van der Waals surface area contributed by atoms with Crippen molar-refractivity contribution in [1.82, 2.24) is 0 Å². The molecule has 1 amide bonds. The van der Waals surface area contributed by atoms with Gasteiger partial charge in [-0.25, -0.2) is 0 Å². The number of nitrogens with one attached hydrogen (secondary N) is 1. The van der Waals surface area contributed by atoms with Crippen molar-refractivity contribution in [2.24, 2.45) is 0 Å². The Morgan fingerprint density at radius 1 is 1.15 bits per heavy atom. The molecule has 0 heterocycles. The van der Waals surface area contributed by atoms with Crippen LogP contribution in [-0.2, 0) is 0 Å². The van der Waals surface area contributed by atoms with Gasteiger partial charge in [-0.05, 0) is 36.4 Å². The highest BCUT2D eigenvalue weighted by molar-refractivity contribution is 6.05. The van der Waals surface area contributed by atoms with Crippen LogP contribution in [0.1, 0.15) is 15.9 Å². The minimum atomic E-state index is -0.512. The van der Waals surface area contributed by atoms with Crippen LogP contribution >= 0.6 is 0 Å². The number of rotatable bonds is 2. The van der Waals surface area contributed by atoms with Crippen molar-refractivity contribution in [2.45, 2.75) is 0 Å². The summed E-state index contributed by atoms with van der Waals surface area (Å²) in [5, 5.41) is 30.1. The molecular weight excluding hydrogens is 258 g/mol. The van der Waals surface area contributed by atoms with Crippen LogP contribution in [0, 0.1) is 11.3 Å². The van der Waals surface area contributed by atoms with Gasteiger partial charge in [0.25, 0.3) is 5.91 Å². The van der Waals surface area contributed by atoms with Gasteiger partial charge < -0.3 is 21.3 Å². The third-order valence-electron chi connectivity index (χ3n) is 2.65. The fraction of sp³-hybridized carbons (Fsp3) is 0. The van der Waals surface area contributed by atoms with E-state index >= 15 is 0 Å². The maximum absolute atomic E-state index is 12.0. The Labute approximate surface area is 114 Å². The lowest BCUT2D eigenvalue weighted by molar-refractivity contribution is 0.102. The average molecular weight is 269 g/mol. The van der Waals surface area contributed by atoms with E-state index in [1.54, 1.807) is 6.07 Å². The number of nitrogens with two attached hydrogens (primary N) is 1. The third-order valence-corrected chi connectivity index (χ3v) is 2.65. The molecule has 0 spiro atoms. The summed E-state index contributed by atoms with van der Waals surface area (Å²) in [6.07, 6.45) is 0. The molecule has 0 bridgehead atoms. The molecule has 0 aliphatic carbocycles. The number of amides is 1. The summed E-state index contributed by atoms with van der Waals surface area (Å²) in [5.41, 5.74) is 6.69. The number of nitrogen functional groups attached to an aromatic ring is 1. The van der Waals surface area contributed by atoms with E-state index < -0.39 is 11.7 Å². The molecular formula is C14H11N3O3. The van der Waals surface area contributed by atoms with E-state index in [0.717, 1.165) is 6.07 Å². The van der Waals surface area contributed by atoms with Crippen LogP contribution in [0.5, 0.6) is 11.5 Å². The first kappa shape index (κ1) is 13.2. The first-order chi connectivity index (χ1) is 9.51. The zero-order valence-corrected chi connectivity index (χ0v) is 10.3. The van der Waals surface area contributed by atoms with Crippen LogP contribution in [0.15, 0.2) is 36.4 Å². The first-order valence-electron chi connectivity index (χ1n) is 5.64. The first-order valence-corrected chi connectivity index (χ1v) is 5.64. The van der Waals surface area contributed by atoms with E-state index in [1.807, 2.05) is 6.07 Å². The average Bonchev–Trinajstić information content (AvgIpc) is 2.43. The molecule has 2 rings (SSSR count). The highest BCUT2D eigenvalue weighted by Crippen LogP contribution is 2.26. The molecule has 0 unspecified atom stereocenters. The Kier molecular flexibility index (Phi) is 3.44. The summed E-state index contributed by atoms with van der Waals surface area (Å²) >= 11 is 0. The zero-order valence-electron chi connectivity index (χ0n) is 10.3. The van der Waals surface area contributed by atoms with Gasteiger partial charge in [-0.15, -0.1) is 0 Å². The summed E-state index contributed by atoms with van der Waals surface area (Å²) in [5.74, 6) is -1.22. The van der Waals surface area contributed by atoms with Gasteiger partial charge in [-0.2, -0.15) is 5.26 Å². The molecule has 0 saturated carbocycles. The Hall–Kier alpha value is -3.20. The Balaban J connectivity index is 2.28. The number of carbonyl (C=O) groups excluding carboxylic acids is 1. The summed E-state index contributed by atoms with van der Waals surface area (Å²) in [4.78, 5) is 12.0. The highest BCUT2D eigenvalue weighted by Gasteiger charge is 2.11. The van der Waals surface area contributed by atoms with Gasteiger partial charge in [0.05, 0.1) is 11.3 Å². The fourth-order valence-corrected chi connectivity index (χ4v) is 1.62. The molecule has 6 heteroatoms. The number of carbonyl (C=O) groups is 1. The van der Waals surface area contributed by atoms with Gasteiger partial charge in [-0.3, -0.25) is 4.79 Å². The van der Waals surface area contributed by atoms with Gasteiger partial charge in [0.2, 0.25) is 0 Å². The lowest BCUT2D eigenvalue weighted by atomic mass is 10.1. The number of hydrogen-bond acceptors (Lipinski definition) is 5. The predicted octanol–water partition coefficient (Wildman–Crippen LogP) is 1.80. The fourth-order valence-electron chi connectivity index (χ4n) is 1.62. The molecule has 0 atom stereocenters. The van der Waals surface area contributed by atoms with Crippen molar-refractivity contribution >= 4 is 17.3 Å². The topological polar surface area (TPSA) is 119 Å². The van der Waals surface area contributed by atoms with E-state index in [1.165, 1.54) is 24.3 Å². The molecule has 0 fully saturated rings. The highest BCUT2D eigenvalue weighted by atomic mass is 16.3. The second-order valence-corrected chi connectivity index (χ2v) is 4.07. The second-order valence-electron chi connectivity index (χ2n) is 4.07. The van der Waals surface area contributed by atoms with Gasteiger partial charge in [0.1, 0.15) is 6.07 Å². The van der Waals surface area contributed by atoms with Crippen LogP contribution in [-0.4, -0.2) is 16.1 Å². The predicted molar refractivity (Wildman–Crippen MR) is 73.3 cm³/mol. The third kappa shape index (κ3) is 2.62. The molecule has 0 aliphatic rings. The number of nitriles is 1. The van der Waals surface area contributed by atoms with Crippen LogP contribution < -0.4 is 11.1 Å². The van der Waals surface area contributed by atoms with Gasteiger partial charge in [0.15, 0.2) is 11.5 Å². The molecule has 0 aromatic heterocycles. The molecule has 0 radical (unpaired) electrons. The standard InChI is InChI=1S/C14H11N3O3/c15-7-9-5-10(16)2-3-11(9)17-14(20)8-1-4-12(18)13(19)6-8/h1-6,18-19H,16H2,(H,17,20). The van der Waals surface area contributed by atoms with Gasteiger partial charge in [0, 0.05) is 11.3 Å². The molecule has 0 aliphatic heterocycles. The van der Waals surface area contributed by atoms with E-state index in [0.29, 0.717) is 11.4 Å². The monoisotopic (exact) mass is 269 g/mol. The molecule has 5 N–H and O–H groups in total. The molecule has 100 valence electrons. The van der Waals surface area contributed by atoms with Gasteiger partial charge >= 0.3 is 0 Å². The Morgan fingerprint density at radius 2 is 1.90 bits per heavy atom. The minimum Gasteiger partial charge on any atom is -0.504 e. The number of anilines is 2. The second kappa shape index (κ2) is 5.20. The maximum Gasteiger partial charge on any atom is 0.255 e. The van der Waals surface area contributed by atoms with E-state index in [4.69, 9.17) is 11.0 Å². The SMILES string of the molecule is N#Cc1cc(N)ccc1NC(=O)c1ccc(O)c(O)c1. The molecule has 6 nitrogen and oxygen atoms in total. The molecule has 20 heavy (non-hydrogen) atoms. The minimum absolute atomic E-state index is 0.154. The Bertz CT molecular complexity index is 720. The lowest BCUT2D eigenvalue weighted by Gasteiger charge is -2.08. The van der Waals surface area contributed by atoms with E-state index in [2.05, 4.69) is 5.32 Å². The summed E-state index contributed by atoms with van der Waals surface area (Å²) in [6.45, 7) is 0. The molecule has 2 aromatic carbocycles. The van der Waals surface area contributed by atoms with E-state index in [9.17, 15) is 15.0 Å².